The van der Waals surface area contributed by atoms with Crippen molar-refractivity contribution < 1.29 is 4.79 Å². The van der Waals surface area contributed by atoms with Crippen LogP contribution in [0.2, 0.25) is 0 Å². The minimum absolute atomic E-state index is 0.161. The molecule has 1 aliphatic carbocycles. The van der Waals surface area contributed by atoms with Gasteiger partial charge in [-0.2, -0.15) is 0 Å². The van der Waals surface area contributed by atoms with Crippen LogP contribution >= 0.6 is 0 Å². The lowest BCUT2D eigenvalue weighted by Crippen LogP contribution is -2.41. The van der Waals surface area contributed by atoms with Crippen LogP contribution in [-0.2, 0) is 24.7 Å². The summed E-state index contributed by atoms with van der Waals surface area (Å²) < 4.78 is 2.32. The van der Waals surface area contributed by atoms with E-state index in [1.165, 1.54) is 22.2 Å². The van der Waals surface area contributed by atoms with Crippen LogP contribution in [0.4, 0.5) is 0 Å². The van der Waals surface area contributed by atoms with E-state index in [-0.39, 0.29) is 17.9 Å². The Morgan fingerprint density at radius 1 is 1.32 bits per heavy atom. The SMILES string of the molecule is CCC(CC)C(=O)NC1CCc2c(c3ccccc3n2C)C1. The van der Waals surface area contributed by atoms with Crippen molar-refractivity contribution in [3.05, 3.63) is 35.5 Å². The number of fused-ring (bicyclic) bond motifs is 3. The van der Waals surface area contributed by atoms with Crippen LogP contribution in [0.1, 0.15) is 44.4 Å². The summed E-state index contributed by atoms with van der Waals surface area (Å²) in [6, 6.07) is 8.88. The van der Waals surface area contributed by atoms with Gasteiger partial charge in [0.15, 0.2) is 0 Å². The predicted molar refractivity (Wildman–Crippen MR) is 90.9 cm³/mol. The second-order valence-corrected chi connectivity index (χ2v) is 6.46. The van der Waals surface area contributed by atoms with E-state index in [1.807, 2.05) is 0 Å². The summed E-state index contributed by atoms with van der Waals surface area (Å²) in [6.45, 7) is 4.19. The van der Waals surface area contributed by atoms with E-state index >= 15 is 0 Å². The van der Waals surface area contributed by atoms with Crippen molar-refractivity contribution in [1.29, 1.82) is 0 Å². The van der Waals surface area contributed by atoms with Crippen molar-refractivity contribution in [3.63, 3.8) is 0 Å². The highest BCUT2D eigenvalue weighted by molar-refractivity contribution is 5.86. The number of aromatic nitrogens is 1. The van der Waals surface area contributed by atoms with Crippen LogP contribution in [0.15, 0.2) is 24.3 Å². The minimum atomic E-state index is 0.161. The molecular weight excluding hydrogens is 272 g/mol. The number of hydrogen-bond donors (Lipinski definition) is 1. The molecule has 0 aliphatic heterocycles. The molecule has 1 heterocycles. The van der Waals surface area contributed by atoms with Gasteiger partial charge in [0, 0.05) is 35.6 Å². The van der Waals surface area contributed by atoms with Crippen molar-refractivity contribution in [2.24, 2.45) is 13.0 Å². The molecule has 0 fully saturated rings. The molecule has 0 saturated heterocycles. The lowest BCUT2D eigenvalue weighted by Gasteiger charge is -2.26. The Bertz CT molecular complexity index is 682. The highest BCUT2D eigenvalue weighted by atomic mass is 16.1. The molecule has 0 spiro atoms. The van der Waals surface area contributed by atoms with E-state index in [9.17, 15) is 4.79 Å². The van der Waals surface area contributed by atoms with Crippen LogP contribution < -0.4 is 5.32 Å². The second kappa shape index (κ2) is 6.15. The molecular formula is C19H26N2O. The van der Waals surface area contributed by atoms with Crippen LogP contribution in [-0.4, -0.2) is 16.5 Å². The van der Waals surface area contributed by atoms with E-state index in [0.717, 1.165) is 32.1 Å². The zero-order valence-electron chi connectivity index (χ0n) is 13.9. The van der Waals surface area contributed by atoms with E-state index in [4.69, 9.17) is 0 Å². The maximum atomic E-state index is 12.3. The average Bonchev–Trinajstić information content (AvgIpc) is 2.82. The fourth-order valence-electron chi connectivity index (χ4n) is 3.83. The van der Waals surface area contributed by atoms with Crippen LogP contribution in [0.25, 0.3) is 10.9 Å². The first-order valence-corrected chi connectivity index (χ1v) is 8.51. The van der Waals surface area contributed by atoms with Gasteiger partial charge in [-0.1, -0.05) is 32.0 Å². The van der Waals surface area contributed by atoms with Crippen LogP contribution in [0, 0.1) is 5.92 Å². The summed E-state index contributed by atoms with van der Waals surface area (Å²) in [5, 5.41) is 4.64. The zero-order chi connectivity index (χ0) is 15.7. The number of para-hydroxylation sites is 1. The van der Waals surface area contributed by atoms with Gasteiger partial charge < -0.3 is 9.88 Å². The number of benzene rings is 1. The van der Waals surface area contributed by atoms with Gasteiger partial charge in [-0.05, 0) is 43.7 Å². The van der Waals surface area contributed by atoms with E-state index in [0.29, 0.717) is 0 Å². The van der Waals surface area contributed by atoms with Gasteiger partial charge in [0.1, 0.15) is 0 Å². The van der Waals surface area contributed by atoms with Crippen molar-refractivity contribution >= 4 is 16.8 Å². The fourth-order valence-corrected chi connectivity index (χ4v) is 3.83. The zero-order valence-corrected chi connectivity index (χ0v) is 13.9. The number of rotatable bonds is 4. The van der Waals surface area contributed by atoms with Crippen LogP contribution in [0.5, 0.6) is 0 Å². The van der Waals surface area contributed by atoms with Crippen molar-refractivity contribution in [2.75, 3.05) is 0 Å². The number of carbonyl (C=O) groups is 1. The van der Waals surface area contributed by atoms with Gasteiger partial charge in [-0.3, -0.25) is 4.79 Å². The molecule has 1 unspecified atom stereocenters. The Balaban J connectivity index is 1.82. The number of amides is 1. The summed E-state index contributed by atoms with van der Waals surface area (Å²) in [6.07, 6.45) is 4.91. The molecule has 1 aliphatic rings. The molecule has 22 heavy (non-hydrogen) atoms. The summed E-state index contributed by atoms with van der Waals surface area (Å²) in [7, 11) is 2.16. The van der Waals surface area contributed by atoms with E-state index < -0.39 is 0 Å². The Hall–Kier alpha value is -1.77. The third-order valence-electron chi connectivity index (χ3n) is 5.23. The summed E-state index contributed by atoms with van der Waals surface area (Å²) >= 11 is 0. The summed E-state index contributed by atoms with van der Waals surface area (Å²) in [5.74, 6) is 0.396. The summed E-state index contributed by atoms with van der Waals surface area (Å²) in [5.41, 5.74) is 4.17. The second-order valence-electron chi connectivity index (χ2n) is 6.46. The summed E-state index contributed by atoms with van der Waals surface area (Å²) in [4.78, 5) is 12.3. The first-order valence-electron chi connectivity index (χ1n) is 8.51. The average molecular weight is 298 g/mol. The van der Waals surface area contributed by atoms with E-state index in [2.05, 4.69) is 55.0 Å². The maximum absolute atomic E-state index is 12.3. The number of aryl methyl sites for hydroxylation is 1. The highest BCUT2D eigenvalue weighted by Gasteiger charge is 2.26. The molecule has 1 aromatic carbocycles. The third kappa shape index (κ3) is 2.53. The number of nitrogens with zero attached hydrogens (tertiary/aromatic N) is 1. The molecule has 1 amide bonds. The van der Waals surface area contributed by atoms with Gasteiger partial charge in [0.2, 0.25) is 5.91 Å². The van der Waals surface area contributed by atoms with Gasteiger partial charge in [0.05, 0.1) is 0 Å². The predicted octanol–water partition coefficient (Wildman–Crippen LogP) is 3.59. The topological polar surface area (TPSA) is 34.0 Å². The monoisotopic (exact) mass is 298 g/mol. The number of hydrogen-bond acceptors (Lipinski definition) is 1. The molecule has 3 heteroatoms. The molecule has 1 atom stereocenters. The van der Waals surface area contributed by atoms with E-state index in [1.54, 1.807) is 0 Å². The maximum Gasteiger partial charge on any atom is 0.223 e. The first kappa shape index (κ1) is 15.1. The Labute approximate surface area is 132 Å². The smallest absolute Gasteiger partial charge is 0.223 e. The third-order valence-corrected chi connectivity index (χ3v) is 5.23. The minimum Gasteiger partial charge on any atom is -0.353 e. The van der Waals surface area contributed by atoms with Crippen molar-refractivity contribution in [3.8, 4) is 0 Å². The molecule has 2 aromatic rings. The Morgan fingerprint density at radius 2 is 2.05 bits per heavy atom. The number of nitrogens with one attached hydrogen (secondary N) is 1. The van der Waals surface area contributed by atoms with Crippen molar-refractivity contribution in [1.82, 2.24) is 9.88 Å². The Morgan fingerprint density at radius 3 is 2.77 bits per heavy atom. The van der Waals surface area contributed by atoms with Crippen LogP contribution in [0.3, 0.4) is 0 Å². The fraction of sp³-hybridized carbons (Fsp3) is 0.526. The van der Waals surface area contributed by atoms with Gasteiger partial charge >= 0.3 is 0 Å². The standard InChI is InChI=1S/C19H26N2O/c1-4-13(5-2)19(22)20-14-10-11-18-16(12-14)15-8-6-7-9-17(15)21(18)3/h6-9,13-14H,4-5,10-12H2,1-3H3,(H,20,22). The molecule has 3 rings (SSSR count). The quantitative estimate of drug-likeness (QED) is 0.919. The largest absolute Gasteiger partial charge is 0.353 e. The lowest BCUT2D eigenvalue weighted by molar-refractivity contribution is -0.126. The van der Waals surface area contributed by atoms with Crippen molar-refractivity contribution in [2.45, 2.75) is 52.0 Å². The lowest BCUT2D eigenvalue weighted by atomic mass is 9.90. The molecule has 0 bridgehead atoms. The molecule has 0 saturated carbocycles. The molecule has 1 N–H and O–H groups in total. The molecule has 3 nitrogen and oxygen atoms in total. The van der Waals surface area contributed by atoms with Gasteiger partial charge in [0.25, 0.3) is 0 Å². The highest BCUT2D eigenvalue weighted by Crippen LogP contribution is 2.31. The van der Waals surface area contributed by atoms with Gasteiger partial charge in [-0.15, -0.1) is 0 Å². The Kier molecular flexibility index (Phi) is 4.23. The normalized spacial score (nSPS) is 17.7. The van der Waals surface area contributed by atoms with Gasteiger partial charge in [-0.25, -0.2) is 0 Å². The molecule has 118 valence electrons. The molecule has 1 aromatic heterocycles. The number of carbonyl (C=O) groups excluding carboxylic acids is 1. The first-order chi connectivity index (χ1) is 10.7. The molecule has 0 radical (unpaired) electrons.